The molecule has 2 heteroatoms. The predicted molar refractivity (Wildman–Crippen MR) is 92.5 cm³/mol. The molecule has 1 aromatic rings. The van der Waals surface area contributed by atoms with Crippen molar-refractivity contribution in [2.75, 3.05) is 13.1 Å². The maximum atomic E-state index is 5.85. The molecule has 1 saturated heterocycles. The van der Waals surface area contributed by atoms with Crippen molar-refractivity contribution in [1.29, 1.82) is 0 Å². The molecular weight excluding hydrogens is 270 g/mol. The Hall–Kier alpha value is -0.860. The largest absolute Gasteiger partial charge is 0.373 e. The first-order chi connectivity index (χ1) is 10.3. The molecule has 2 nitrogen and oxygen atoms in total. The summed E-state index contributed by atoms with van der Waals surface area (Å²) in [6.45, 7) is 13.4. The lowest BCUT2D eigenvalue weighted by Gasteiger charge is -2.47. The second-order valence-corrected chi connectivity index (χ2v) is 8.41. The Balaban J connectivity index is 1.57. The summed E-state index contributed by atoms with van der Waals surface area (Å²) in [5.41, 5.74) is 3.21. The molecule has 0 bridgehead atoms. The van der Waals surface area contributed by atoms with Crippen LogP contribution in [0.1, 0.15) is 64.5 Å². The van der Waals surface area contributed by atoms with Crippen molar-refractivity contribution in [3.8, 4) is 0 Å². The van der Waals surface area contributed by atoms with Crippen molar-refractivity contribution < 1.29 is 4.74 Å². The first kappa shape index (κ1) is 16.0. The van der Waals surface area contributed by atoms with E-state index in [1.54, 1.807) is 0 Å². The fourth-order valence-corrected chi connectivity index (χ4v) is 3.93. The van der Waals surface area contributed by atoms with E-state index in [9.17, 15) is 0 Å². The fourth-order valence-electron chi connectivity index (χ4n) is 3.93. The van der Waals surface area contributed by atoms with Gasteiger partial charge < -0.3 is 4.74 Å². The van der Waals surface area contributed by atoms with Crippen LogP contribution in [-0.4, -0.2) is 36.2 Å². The predicted octanol–water partition coefficient (Wildman–Crippen LogP) is 4.34. The van der Waals surface area contributed by atoms with Crippen molar-refractivity contribution in [1.82, 2.24) is 4.90 Å². The van der Waals surface area contributed by atoms with Crippen molar-refractivity contribution in [3.63, 3.8) is 0 Å². The zero-order valence-electron chi connectivity index (χ0n) is 14.8. The van der Waals surface area contributed by atoms with Gasteiger partial charge >= 0.3 is 0 Å². The minimum atomic E-state index is 0.251. The number of hydrogen-bond donors (Lipinski definition) is 0. The van der Waals surface area contributed by atoms with E-state index in [2.05, 4.69) is 63.8 Å². The average molecular weight is 301 g/mol. The molecule has 0 aromatic heterocycles. The molecule has 2 fully saturated rings. The highest BCUT2D eigenvalue weighted by Gasteiger charge is 2.37. The van der Waals surface area contributed by atoms with E-state index in [1.165, 1.54) is 24.0 Å². The van der Waals surface area contributed by atoms with E-state index >= 15 is 0 Å². The van der Waals surface area contributed by atoms with Gasteiger partial charge in [-0.3, -0.25) is 4.90 Å². The standard InChI is InChI=1S/C20H31NO/c1-14-12-21(13-15(2)22-14)19-10-17(11-19)16-6-8-18(9-7-16)20(3,4)5/h6-9,14-15,17,19H,10-13H2,1-5H3/t14-,15+,17?,19?. The molecular formula is C20H31NO. The molecule has 3 rings (SSSR count). The summed E-state index contributed by atoms with van der Waals surface area (Å²) in [5.74, 6) is 0.757. The van der Waals surface area contributed by atoms with Gasteiger partial charge in [0.1, 0.15) is 0 Å². The van der Waals surface area contributed by atoms with Crippen LogP contribution in [0.5, 0.6) is 0 Å². The fraction of sp³-hybridized carbons (Fsp3) is 0.700. The van der Waals surface area contributed by atoms with E-state index in [-0.39, 0.29) is 5.41 Å². The van der Waals surface area contributed by atoms with Gasteiger partial charge in [0.05, 0.1) is 12.2 Å². The van der Waals surface area contributed by atoms with Crippen LogP contribution in [0.3, 0.4) is 0 Å². The highest BCUT2D eigenvalue weighted by atomic mass is 16.5. The van der Waals surface area contributed by atoms with Crippen LogP contribution in [0, 0.1) is 0 Å². The smallest absolute Gasteiger partial charge is 0.0678 e. The Labute approximate surface area is 135 Å². The summed E-state index contributed by atoms with van der Waals surface area (Å²) >= 11 is 0. The van der Waals surface area contributed by atoms with Gasteiger partial charge in [0, 0.05) is 19.1 Å². The number of nitrogens with zero attached hydrogens (tertiary/aromatic N) is 1. The molecule has 1 heterocycles. The van der Waals surface area contributed by atoms with Crippen LogP contribution in [-0.2, 0) is 10.2 Å². The molecule has 2 atom stereocenters. The third-order valence-electron chi connectivity index (χ3n) is 5.33. The molecule has 0 spiro atoms. The summed E-state index contributed by atoms with van der Waals surface area (Å²) in [7, 11) is 0. The molecule has 0 amide bonds. The zero-order valence-corrected chi connectivity index (χ0v) is 14.8. The maximum absolute atomic E-state index is 5.85. The van der Waals surface area contributed by atoms with Crippen molar-refractivity contribution in [2.45, 2.75) is 77.0 Å². The van der Waals surface area contributed by atoms with Gasteiger partial charge in [0.2, 0.25) is 0 Å². The molecule has 2 aliphatic rings. The second-order valence-electron chi connectivity index (χ2n) is 8.41. The Morgan fingerprint density at radius 1 is 0.955 bits per heavy atom. The lowest BCUT2D eigenvalue weighted by molar-refractivity contribution is -0.0917. The number of benzene rings is 1. The van der Waals surface area contributed by atoms with Crippen LogP contribution in [0.4, 0.5) is 0 Å². The minimum absolute atomic E-state index is 0.251. The summed E-state index contributed by atoms with van der Waals surface area (Å²) in [6, 6.07) is 10.1. The van der Waals surface area contributed by atoms with Gasteiger partial charge in [-0.2, -0.15) is 0 Å². The quantitative estimate of drug-likeness (QED) is 0.805. The Bertz CT molecular complexity index is 485. The van der Waals surface area contributed by atoms with Crippen molar-refractivity contribution in [2.24, 2.45) is 0 Å². The van der Waals surface area contributed by atoms with Crippen molar-refractivity contribution in [3.05, 3.63) is 35.4 Å². The normalized spacial score (nSPS) is 33.5. The summed E-state index contributed by atoms with van der Waals surface area (Å²) in [5, 5.41) is 0. The second kappa shape index (κ2) is 5.98. The van der Waals surface area contributed by atoms with Crippen LogP contribution in [0.15, 0.2) is 24.3 Å². The van der Waals surface area contributed by atoms with Gasteiger partial charge in [-0.05, 0) is 49.1 Å². The molecule has 122 valence electrons. The average Bonchev–Trinajstić information content (AvgIpc) is 2.35. The SMILES string of the molecule is C[C@@H]1CN(C2CC(c3ccc(C(C)(C)C)cc3)C2)C[C@H](C)O1. The maximum Gasteiger partial charge on any atom is 0.0678 e. The topological polar surface area (TPSA) is 12.5 Å². The summed E-state index contributed by atoms with van der Waals surface area (Å²) < 4.78 is 5.85. The Morgan fingerprint density at radius 2 is 1.50 bits per heavy atom. The molecule has 22 heavy (non-hydrogen) atoms. The Kier molecular flexibility index (Phi) is 4.35. The van der Waals surface area contributed by atoms with Gasteiger partial charge in [-0.1, -0.05) is 45.0 Å². The summed E-state index contributed by atoms with van der Waals surface area (Å²) in [6.07, 6.45) is 3.39. The van der Waals surface area contributed by atoms with Crippen LogP contribution in [0.25, 0.3) is 0 Å². The van der Waals surface area contributed by atoms with Gasteiger partial charge in [0.15, 0.2) is 0 Å². The lowest BCUT2D eigenvalue weighted by Crippen LogP contribution is -2.53. The van der Waals surface area contributed by atoms with Gasteiger partial charge in [-0.25, -0.2) is 0 Å². The summed E-state index contributed by atoms with van der Waals surface area (Å²) in [4.78, 5) is 2.65. The third-order valence-corrected chi connectivity index (χ3v) is 5.33. The highest BCUT2D eigenvalue weighted by Crippen LogP contribution is 2.41. The van der Waals surface area contributed by atoms with Gasteiger partial charge in [0.25, 0.3) is 0 Å². The number of rotatable bonds is 2. The molecule has 0 radical (unpaired) electrons. The molecule has 1 aliphatic heterocycles. The van der Waals surface area contributed by atoms with Crippen molar-refractivity contribution >= 4 is 0 Å². The van der Waals surface area contributed by atoms with Crippen LogP contribution >= 0.6 is 0 Å². The number of morpholine rings is 1. The molecule has 0 unspecified atom stereocenters. The monoisotopic (exact) mass is 301 g/mol. The van der Waals surface area contributed by atoms with Crippen LogP contribution < -0.4 is 0 Å². The lowest BCUT2D eigenvalue weighted by atomic mass is 9.74. The van der Waals surface area contributed by atoms with E-state index in [1.807, 2.05) is 0 Å². The molecule has 1 aromatic carbocycles. The van der Waals surface area contributed by atoms with Crippen LogP contribution in [0.2, 0.25) is 0 Å². The first-order valence-electron chi connectivity index (χ1n) is 8.83. The van der Waals surface area contributed by atoms with Gasteiger partial charge in [-0.15, -0.1) is 0 Å². The molecule has 0 N–H and O–H groups in total. The third kappa shape index (κ3) is 3.38. The van der Waals surface area contributed by atoms with E-state index < -0.39 is 0 Å². The van der Waals surface area contributed by atoms with E-state index in [4.69, 9.17) is 4.74 Å². The number of hydrogen-bond acceptors (Lipinski definition) is 2. The van der Waals surface area contributed by atoms with E-state index in [0.717, 1.165) is 25.0 Å². The minimum Gasteiger partial charge on any atom is -0.373 e. The van der Waals surface area contributed by atoms with E-state index in [0.29, 0.717) is 12.2 Å². The molecule has 1 aliphatic carbocycles. The molecule has 1 saturated carbocycles. The highest BCUT2D eigenvalue weighted by molar-refractivity contribution is 5.31. The number of ether oxygens (including phenoxy) is 1. The zero-order chi connectivity index (χ0) is 15.9. The Morgan fingerprint density at radius 3 is 2.00 bits per heavy atom. The first-order valence-corrected chi connectivity index (χ1v) is 8.83.